The van der Waals surface area contributed by atoms with Gasteiger partial charge in [-0.25, -0.2) is 4.79 Å². The van der Waals surface area contributed by atoms with Crippen LogP contribution in [0.1, 0.15) is 21.5 Å². The molecule has 0 spiro atoms. The van der Waals surface area contributed by atoms with E-state index < -0.39 is 5.97 Å². The van der Waals surface area contributed by atoms with Crippen molar-refractivity contribution in [2.24, 2.45) is 0 Å². The van der Waals surface area contributed by atoms with Crippen LogP contribution in [0.3, 0.4) is 0 Å². The van der Waals surface area contributed by atoms with Crippen LogP contribution in [-0.4, -0.2) is 24.3 Å². The first-order chi connectivity index (χ1) is 10.5. The number of hydrogen-bond donors (Lipinski definition) is 1. The molecule has 0 saturated heterocycles. The summed E-state index contributed by atoms with van der Waals surface area (Å²) in [5.74, 6) is -0.0329. The first-order valence-corrected chi connectivity index (χ1v) is 7.21. The zero-order valence-corrected chi connectivity index (χ0v) is 13.2. The van der Waals surface area contributed by atoms with E-state index in [-0.39, 0.29) is 17.9 Å². The van der Waals surface area contributed by atoms with E-state index in [4.69, 9.17) is 26.2 Å². The Morgan fingerprint density at radius 3 is 2.45 bits per heavy atom. The molecule has 0 fully saturated rings. The second-order valence-corrected chi connectivity index (χ2v) is 5.33. The smallest absolute Gasteiger partial charge is 0.339 e. The van der Waals surface area contributed by atoms with Crippen LogP contribution in [0.4, 0.5) is 0 Å². The Balaban J connectivity index is 1.91. The summed E-state index contributed by atoms with van der Waals surface area (Å²) in [6.45, 7) is 4.63. The lowest BCUT2D eigenvalue weighted by Crippen LogP contribution is -2.11. The maximum atomic E-state index is 11.1. The van der Waals surface area contributed by atoms with Gasteiger partial charge < -0.3 is 14.6 Å². The van der Waals surface area contributed by atoms with E-state index in [1.54, 1.807) is 12.1 Å². The number of halogens is 1. The number of hydrogen-bond acceptors (Lipinski definition) is 3. The number of carbonyl (C=O) groups is 1. The normalized spacial score (nSPS) is 10.3. The summed E-state index contributed by atoms with van der Waals surface area (Å²) in [6, 6.07) is 10.3. The number of ether oxygens (including phenoxy) is 2. The molecule has 2 aromatic rings. The first-order valence-electron chi connectivity index (χ1n) is 6.83. The highest BCUT2D eigenvalue weighted by molar-refractivity contribution is 6.31. The van der Waals surface area contributed by atoms with Gasteiger partial charge in [-0.2, -0.15) is 0 Å². The lowest BCUT2D eigenvalue weighted by Gasteiger charge is -2.11. The van der Waals surface area contributed by atoms with Crippen LogP contribution in [-0.2, 0) is 0 Å². The molecule has 1 N–H and O–H groups in total. The quantitative estimate of drug-likeness (QED) is 0.814. The number of aromatic carboxylic acids is 1. The average Bonchev–Trinajstić information content (AvgIpc) is 2.48. The average molecular weight is 321 g/mol. The highest BCUT2D eigenvalue weighted by Gasteiger charge is 2.11. The Labute approximate surface area is 134 Å². The maximum absolute atomic E-state index is 11.1. The minimum atomic E-state index is -1.08. The topological polar surface area (TPSA) is 55.8 Å². The van der Waals surface area contributed by atoms with Crippen molar-refractivity contribution in [3.8, 4) is 11.5 Å². The predicted molar refractivity (Wildman–Crippen MR) is 85.3 cm³/mol. The highest BCUT2D eigenvalue weighted by atomic mass is 35.5. The Kier molecular flexibility index (Phi) is 5.28. The minimum Gasteiger partial charge on any atom is -0.490 e. The third-order valence-electron chi connectivity index (χ3n) is 3.26. The summed E-state index contributed by atoms with van der Waals surface area (Å²) in [5, 5.41) is 9.47. The van der Waals surface area contributed by atoms with Gasteiger partial charge in [0.15, 0.2) is 0 Å². The van der Waals surface area contributed by atoms with Crippen molar-refractivity contribution >= 4 is 17.6 Å². The van der Waals surface area contributed by atoms with Gasteiger partial charge in [-0.05, 0) is 55.3 Å². The SMILES string of the molecule is Cc1ccc(OCCOc2ccc(Cl)cc2C(=O)O)cc1C. The van der Waals surface area contributed by atoms with Gasteiger partial charge in [0.1, 0.15) is 30.3 Å². The Bertz CT molecular complexity index is 682. The van der Waals surface area contributed by atoms with E-state index in [1.807, 2.05) is 32.0 Å². The molecular formula is C17H17ClO4. The molecule has 0 heterocycles. The molecule has 0 radical (unpaired) electrons. The third-order valence-corrected chi connectivity index (χ3v) is 3.50. The number of carboxylic acids is 1. The van der Waals surface area contributed by atoms with Gasteiger partial charge in [-0.1, -0.05) is 17.7 Å². The van der Waals surface area contributed by atoms with Gasteiger partial charge in [0.2, 0.25) is 0 Å². The Morgan fingerprint density at radius 2 is 1.77 bits per heavy atom. The number of carboxylic acid groups (broad SMARTS) is 1. The molecule has 22 heavy (non-hydrogen) atoms. The van der Waals surface area contributed by atoms with Crippen LogP contribution in [0, 0.1) is 13.8 Å². The fourth-order valence-corrected chi connectivity index (χ4v) is 2.08. The third kappa shape index (κ3) is 4.15. The highest BCUT2D eigenvalue weighted by Crippen LogP contribution is 2.23. The van der Waals surface area contributed by atoms with E-state index in [2.05, 4.69) is 0 Å². The molecule has 2 aromatic carbocycles. The maximum Gasteiger partial charge on any atom is 0.339 e. The summed E-state index contributed by atoms with van der Waals surface area (Å²) in [5.41, 5.74) is 2.40. The van der Waals surface area contributed by atoms with Crippen molar-refractivity contribution in [1.29, 1.82) is 0 Å². The Morgan fingerprint density at radius 1 is 1.05 bits per heavy atom. The van der Waals surface area contributed by atoms with Crippen LogP contribution in [0.5, 0.6) is 11.5 Å². The van der Waals surface area contributed by atoms with E-state index in [9.17, 15) is 4.79 Å². The zero-order valence-electron chi connectivity index (χ0n) is 12.4. The number of aryl methyl sites for hydroxylation is 2. The predicted octanol–water partition coefficient (Wildman–Crippen LogP) is 4.11. The van der Waals surface area contributed by atoms with Gasteiger partial charge in [0.25, 0.3) is 0 Å². The molecule has 0 bridgehead atoms. The van der Waals surface area contributed by atoms with Crippen LogP contribution in [0.2, 0.25) is 5.02 Å². The van der Waals surface area contributed by atoms with Crippen LogP contribution < -0.4 is 9.47 Å². The molecule has 4 nitrogen and oxygen atoms in total. The largest absolute Gasteiger partial charge is 0.490 e. The molecule has 116 valence electrons. The first kappa shape index (κ1) is 16.2. The molecule has 2 rings (SSSR count). The van der Waals surface area contributed by atoms with Crippen LogP contribution >= 0.6 is 11.6 Å². The van der Waals surface area contributed by atoms with Gasteiger partial charge in [0, 0.05) is 5.02 Å². The number of rotatable bonds is 6. The van der Waals surface area contributed by atoms with Crippen LogP contribution in [0.25, 0.3) is 0 Å². The van der Waals surface area contributed by atoms with E-state index in [1.165, 1.54) is 11.6 Å². The molecular weight excluding hydrogens is 304 g/mol. The Hall–Kier alpha value is -2.20. The monoisotopic (exact) mass is 320 g/mol. The summed E-state index contributed by atoms with van der Waals surface area (Å²) < 4.78 is 11.1. The van der Waals surface area contributed by atoms with Gasteiger partial charge in [-0.3, -0.25) is 0 Å². The summed E-state index contributed by atoms with van der Waals surface area (Å²) in [6.07, 6.45) is 0. The standard InChI is InChI=1S/C17H17ClO4/c1-11-3-5-14(9-12(11)2)21-7-8-22-16-6-4-13(18)10-15(16)17(19)20/h3-6,9-10H,7-8H2,1-2H3,(H,19,20). The molecule has 0 atom stereocenters. The van der Waals surface area contributed by atoms with Crippen molar-refractivity contribution in [2.45, 2.75) is 13.8 Å². The fraction of sp³-hybridized carbons (Fsp3) is 0.235. The molecule has 5 heteroatoms. The second-order valence-electron chi connectivity index (χ2n) is 4.89. The van der Waals surface area contributed by atoms with E-state index in [0.717, 1.165) is 11.3 Å². The van der Waals surface area contributed by atoms with Crippen molar-refractivity contribution in [1.82, 2.24) is 0 Å². The van der Waals surface area contributed by atoms with Gasteiger partial charge in [0.05, 0.1) is 0 Å². The zero-order chi connectivity index (χ0) is 16.1. The lowest BCUT2D eigenvalue weighted by molar-refractivity contribution is 0.0691. The van der Waals surface area contributed by atoms with Crippen molar-refractivity contribution in [3.63, 3.8) is 0 Å². The van der Waals surface area contributed by atoms with Crippen molar-refractivity contribution in [2.75, 3.05) is 13.2 Å². The lowest BCUT2D eigenvalue weighted by atomic mass is 10.1. The second kappa shape index (κ2) is 7.18. The number of benzene rings is 2. The molecule has 0 aromatic heterocycles. The van der Waals surface area contributed by atoms with Gasteiger partial charge in [-0.15, -0.1) is 0 Å². The molecule has 0 amide bonds. The van der Waals surface area contributed by atoms with Crippen molar-refractivity contribution < 1.29 is 19.4 Å². The molecule has 0 aliphatic rings. The van der Waals surface area contributed by atoms with Gasteiger partial charge >= 0.3 is 5.97 Å². The minimum absolute atomic E-state index is 0.0404. The molecule has 0 saturated carbocycles. The van der Waals surface area contributed by atoms with Crippen LogP contribution in [0.15, 0.2) is 36.4 Å². The van der Waals surface area contributed by atoms with E-state index in [0.29, 0.717) is 11.6 Å². The fourth-order valence-electron chi connectivity index (χ4n) is 1.91. The molecule has 0 unspecified atom stereocenters. The summed E-state index contributed by atoms with van der Waals surface area (Å²) in [4.78, 5) is 11.1. The molecule has 0 aliphatic carbocycles. The van der Waals surface area contributed by atoms with E-state index >= 15 is 0 Å². The summed E-state index contributed by atoms with van der Waals surface area (Å²) >= 11 is 5.79. The summed E-state index contributed by atoms with van der Waals surface area (Å²) in [7, 11) is 0. The van der Waals surface area contributed by atoms with Crippen molar-refractivity contribution in [3.05, 3.63) is 58.1 Å². The molecule has 0 aliphatic heterocycles.